The molecule has 0 unspecified atom stereocenters. The van der Waals surface area contributed by atoms with Crippen LogP contribution in [0.2, 0.25) is 0 Å². The van der Waals surface area contributed by atoms with Crippen molar-refractivity contribution in [3.63, 3.8) is 0 Å². The average Bonchev–Trinajstić information content (AvgIpc) is 2.88. The third-order valence-electron chi connectivity index (χ3n) is 9.66. The van der Waals surface area contributed by atoms with Crippen LogP contribution in [-0.4, -0.2) is 0 Å². The SMILES string of the molecule is CCCCC[C@H]1CC[C@H](c2ccc(C#CC=C[C@H]3CC[C@H]([C@H]4CC[C@H](C)CC4)CC3)cc2)CC1. The molecular weight excluding hydrogens is 408 g/mol. The summed E-state index contributed by atoms with van der Waals surface area (Å²) in [7, 11) is 0. The van der Waals surface area contributed by atoms with Crippen LogP contribution in [0, 0.1) is 41.4 Å². The first-order valence-corrected chi connectivity index (χ1v) is 15.0. The van der Waals surface area contributed by atoms with Crippen LogP contribution in [-0.2, 0) is 0 Å². The van der Waals surface area contributed by atoms with E-state index in [-0.39, 0.29) is 0 Å². The molecule has 0 heteroatoms. The van der Waals surface area contributed by atoms with Crippen molar-refractivity contribution in [1.29, 1.82) is 0 Å². The molecule has 3 aliphatic carbocycles. The molecular formula is C34H50. The maximum absolute atomic E-state index is 3.38. The fourth-order valence-electron chi connectivity index (χ4n) is 7.18. The molecule has 0 spiro atoms. The fourth-order valence-corrected chi connectivity index (χ4v) is 7.18. The van der Waals surface area contributed by atoms with Gasteiger partial charge in [0.25, 0.3) is 0 Å². The van der Waals surface area contributed by atoms with Crippen molar-refractivity contribution in [3.05, 3.63) is 47.5 Å². The number of hydrogen-bond acceptors (Lipinski definition) is 0. The molecule has 0 saturated heterocycles. The first-order chi connectivity index (χ1) is 16.7. The highest BCUT2D eigenvalue weighted by Crippen LogP contribution is 2.41. The van der Waals surface area contributed by atoms with Crippen LogP contribution in [0.15, 0.2) is 36.4 Å². The molecule has 3 saturated carbocycles. The number of benzene rings is 1. The van der Waals surface area contributed by atoms with Gasteiger partial charge in [0.2, 0.25) is 0 Å². The zero-order valence-electron chi connectivity index (χ0n) is 22.2. The van der Waals surface area contributed by atoms with Crippen molar-refractivity contribution >= 4 is 0 Å². The smallest absolute Gasteiger partial charge is 0.0249 e. The summed E-state index contributed by atoms with van der Waals surface area (Å²) in [5.41, 5.74) is 2.70. The molecule has 0 aliphatic heterocycles. The Morgan fingerprint density at radius 2 is 1.41 bits per heavy atom. The Hall–Kier alpha value is -1.48. The van der Waals surface area contributed by atoms with E-state index in [1.807, 2.05) is 0 Å². The van der Waals surface area contributed by atoms with E-state index < -0.39 is 0 Å². The van der Waals surface area contributed by atoms with Crippen LogP contribution >= 0.6 is 0 Å². The van der Waals surface area contributed by atoms with E-state index in [0.29, 0.717) is 0 Å². The summed E-state index contributed by atoms with van der Waals surface area (Å²) in [6.45, 7) is 4.75. The quantitative estimate of drug-likeness (QED) is 0.281. The number of hydrogen-bond donors (Lipinski definition) is 0. The lowest BCUT2D eigenvalue weighted by Gasteiger charge is -2.36. The van der Waals surface area contributed by atoms with Gasteiger partial charge >= 0.3 is 0 Å². The van der Waals surface area contributed by atoms with E-state index in [1.54, 1.807) is 0 Å². The molecule has 186 valence electrons. The lowest BCUT2D eigenvalue weighted by Crippen LogP contribution is -2.24. The molecule has 1 aromatic rings. The predicted octanol–water partition coefficient (Wildman–Crippen LogP) is 10.1. The Bertz CT molecular complexity index is 779. The highest BCUT2D eigenvalue weighted by molar-refractivity contribution is 5.39. The van der Waals surface area contributed by atoms with E-state index in [2.05, 4.69) is 62.1 Å². The van der Waals surface area contributed by atoms with E-state index >= 15 is 0 Å². The topological polar surface area (TPSA) is 0 Å². The monoisotopic (exact) mass is 458 g/mol. The maximum Gasteiger partial charge on any atom is 0.0249 e. The molecule has 0 heterocycles. The Kier molecular flexibility index (Phi) is 10.2. The van der Waals surface area contributed by atoms with Crippen LogP contribution in [0.1, 0.15) is 134 Å². The largest absolute Gasteiger partial charge is 0.0730 e. The Morgan fingerprint density at radius 1 is 0.765 bits per heavy atom. The maximum atomic E-state index is 3.38. The Labute approximate surface area is 211 Å². The van der Waals surface area contributed by atoms with Crippen molar-refractivity contribution in [2.75, 3.05) is 0 Å². The predicted molar refractivity (Wildman–Crippen MR) is 148 cm³/mol. The van der Waals surface area contributed by atoms with Crippen LogP contribution < -0.4 is 0 Å². The van der Waals surface area contributed by atoms with Crippen molar-refractivity contribution in [2.24, 2.45) is 29.6 Å². The first-order valence-electron chi connectivity index (χ1n) is 15.0. The summed E-state index contributed by atoms with van der Waals surface area (Å²) >= 11 is 0. The van der Waals surface area contributed by atoms with E-state index in [1.165, 1.54) is 108 Å². The van der Waals surface area contributed by atoms with Gasteiger partial charge in [0, 0.05) is 5.56 Å². The van der Waals surface area contributed by atoms with Crippen molar-refractivity contribution in [2.45, 2.75) is 122 Å². The van der Waals surface area contributed by atoms with Gasteiger partial charge in [-0.2, -0.15) is 0 Å². The molecule has 3 fully saturated rings. The summed E-state index contributed by atoms with van der Waals surface area (Å²) in [5.74, 6) is 12.2. The van der Waals surface area contributed by atoms with Crippen LogP contribution in [0.4, 0.5) is 0 Å². The van der Waals surface area contributed by atoms with Gasteiger partial charge in [0.1, 0.15) is 0 Å². The molecule has 0 N–H and O–H groups in total. The molecule has 0 radical (unpaired) electrons. The molecule has 0 amide bonds. The minimum absolute atomic E-state index is 0.757. The third kappa shape index (κ3) is 7.77. The zero-order chi connectivity index (χ0) is 23.6. The van der Waals surface area contributed by atoms with Crippen LogP contribution in [0.5, 0.6) is 0 Å². The molecule has 0 atom stereocenters. The van der Waals surface area contributed by atoms with E-state index in [0.717, 1.165) is 41.1 Å². The normalized spacial score (nSPS) is 32.3. The van der Waals surface area contributed by atoms with Gasteiger partial charge in [0.05, 0.1) is 0 Å². The molecule has 34 heavy (non-hydrogen) atoms. The molecule has 0 bridgehead atoms. The van der Waals surface area contributed by atoms with Gasteiger partial charge in [0.15, 0.2) is 0 Å². The molecule has 3 aliphatic rings. The molecule has 1 aromatic carbocycles. The highest BCUT2D eigenvalue weighted by Gasteiger charge is 2.29. The van der Waals surface area contributed by atoms with Gasteiger partial charge in [-0.3, -0.25) is 0 Å². The van der Waals surface area contributed by atoms with Gasteiger partial charge in [-0.1, -0.05) is 82.4 Å². The van der Waals surface area contributed by atoms with Crippen LogP contribution in [0.3, 0.4) is 0 Å². The van der Waals surface area contributed by atoms with Crippen molar-refractivity contribution in [1.82, 2.24) is 0 Å². The zero-order valence-corrected chi connectivity index (χ0v) is 22.2. The first kappa shape index (κ1) is 25.6. The highest BCUT2D eigenvalue weighted by atomic mass is 14.3. The summed E-state index contributed by atoms with van der Waals surface area (Å²) in [6, 6.07) is 9.20. The fraction of sp³-hybridized carbons (Fsp3) is 0.706. The second-order valence-electron chi connectivity index (χ2n) is 12.2. The summed E-state index contributed by atoms with van der Waals surface area (Å²) in [5, 5.41) is 0. The van der Waals surface area contributed by atoms with Gasteiger partial charge < -0.3 is 0 Å². The van der Waals surface area contributed by atoms with E-state index in [4.69, 9.17) is 0 Å². The summed E-state index contributed by atoms with van der Waals surface area (Å²) < 4.78 is 0. The standard InChI is InChI=1S/C34H50/c1-3-4-5-8-28-13-23-33(24-14-28)34-25-17-30(18-26-34)10-7-6-9-29-15-21-32(22-16-29)31-19-11-27(2)12-20-31/h6,9,17-18,25-29,31-33H,3-5,8,11-16,19-24H2,1-2H3/t27-,28-,29-,31-,32-,33-. The second-order valence-corrected chi connectivity index (χ2v) is 12.2. The third-order valence-corrected chi connectivity index (χ3v) is 9.66. The summed E-state index contributed by atoms with van der Waals surface area (Å²) in [6.07, 6.45) is 27.4. The Balaban J connectivity index is 1.17. The van der Waals surface area contributed by atoms with Crippen molar-refractivity contribution in [3.8, 4) is 11.8 Å². The number of allylic oxidation sites excluding steroid dienone is 2. The van der Waals surface area contributed by atoms with E-state index in [9.17, 15) is 0 Å². The molecule has 0 nitrogen and oxygen atoms in total. The average molecular weight is 459 g/mol. The lowest BCUT2D eigenvalue weighted by atomic mass is 9.69. The van der Waals surface area contributed by atoms with Gasteiger partial charge in [-0.15, -0.1) is 0 Å². The second kappa shape index (κ2) is 13.6. The lowest BCUT2D eigenvalue weighted by molar-refractivity contribution is 0.160. The minimum atomic E-state index is 0.757. The summed E-state index contributed by atoms with van der Waals surface area (Å²) in [4.78, 5) is 0. The van der Waals surface area contributed by atoms with Gasteiger partial charge in [-0.05, 0) is 123 Å². The van der Waals surface area contributed by atoms with Crippen molar-refractivity contribution < 1.29 is 0 Å². The number of unbranched alkanes of at least 4 members (excludes halogenated alkanes) is 2. The Morgan fingerprint density at radius 3 is 2.06 bits per heavy atom. The molecule has 4 rings (SSSR count). The van der Waals surface area contributed by atoms with Gasteiger partial charge in [-0.25, -0.2) is 0 Å². The minimum Gasteiger partial charge on any atom is -0.0730 e. The molecule has 0 aromatic heterocycles. The number of rotatable bonds is 7. The van der Waals surface area contributed by atoms with Crippen LogP contribution in [0.25, 0.3) is 0 Å².